The molecule has 7 nitrogen and oxygen atoms in total. The van der Waals surface area contributed by atoms with Gasteiger partial charge in [-0.05, 0) is 31.8 Å². The topological polar surface area (TPSA) is 95.7 Å². The molecule has 9 heteroatoms. The first-order valence-electron chi connectivity index (χ1n) is 6.73. The molecule has 2 fully saturated rings. The predicted octanol–water partition coefficient (Wildman–Crippen LogP) is -0.854. The Morgan fingerprint density at radius 1 is 1.25 bits per heavy atom. The van der Waals surface area contributed by atoms with Crippen LogP contribution in [0.3, 0.4) is 0 Å². The zero-order chi connectivity index (χ0) is 13.9. The van der Waals surface area contributed by atoms with E-state index in [0.29, 0.717) is 38.5 Å². The number of nitrogens with two attached hydrogens (primary N) is 1. The first-order valence-corrected chi connectivity index (χ1v) is 8.23. The number of piperazine rings is 1. The summed E-state index contributed by atoms with van der Waals surface area (Å²) in [5, 5.41) is 8.35. The molecular weight excluding hydrogens is 304 g/mol. The van der Waals surface area contributed by atoms with Crippen molar-refractivity contribution in [3.8, 4) is 0 Å². The first-order chi connectivity index (χ1) is 8.97. The third-order valence-electron chi connectivity index (χ3n) is 3.88. The lowest BCUT2D eigenvalue weighted by Gasteiger charge is -2.33. The second kappa shape index (κ2) is 7.56. The summed E-state index contributed by atoms with van der Waals surface area (Å²) in [6.45, 7) is 3.54. The highest BCUT2D eigenvalue weighted by atomic mass is 35.5. The molecule has 0 aromatic heterocycles. The number of amides is 1. The van der Waals surface area contributed by atoms with Crippen LogP contribution in [0.15, 0.2) is 0 Å². The molecule has 0 aromatic carbocycles. The van der Waals surface area contributed by atoms with Crippen LogP contribution in [0.1, 0.15) is 19.3 Å². The summed E-state index contributed by atoms with van der Waals surface area (Å²) in [6, 6.07) is 0. The third-order valence-corrected chi connectivity index (χ3v) is 4.96. The van der Waals surface area contributed by atoms with E-state index in [1.54, 1.807) is 4.90 Å². The van der Waals surface area contributed by atoms with Gasteiger partial charge in [-0.25, -0.2) is 5.14 Å². The monoisotopic (exact) mass is 326 g/mol. The van der Waals surface area contributed by atoms with Crippen molar-refractivity contribution in [2.24, 2.45) is 11.1 Å². The Labute approximate surface area is 126 Å². The number of nitrogens with one attached hydrogen (secondary N) is 1. The fourth-order valence-corrected chi connectivity index (χ4v) is 3.31. The number of carbonyl (C=O) groups is 1. The van der Waals surface area contributed by atoms with Gasteiger partial charge in [0.05, 0.1) is 0 Å². The molecule has 0 saturated carbocycles. The van der Waals surface area contributed by atoms with Crippen molar-refractivity contribution in [3.05, 3.63) is 0 Å². The molecule has 3 N–H and O–H groups in total. The summed E-state index contributed by atoms with van der Waals surface area (Å²) in [5.74, 6) is 0.732. The van der Waals surface area contributed by atoms with E-state index in [1.807, 2.05) is 0 Å². The van der Waals surface area contributed by atoms with Crippen molar-refractivity contribution in [2.45, 2.75) is 19.3 Å². The Bertz CT molecular complexity index is 417. The van der Waals surface area contributed by atoms with Gasteiger partial charge in [-0.15, -0.1) is 12.4 Å². The van der Waals surface area contributed by atoms with Gasteiger partial charge >= 0.3 is 0 Å². The average Bonchev–Trinajstić information content (AvgIpc) is 2.88. The summed E-state index contributed by atoms with van der Waals surface area (Å²) >= 11 is 0. The minimum atomic E-state index is -3.61. The summed E-state index contributed by atoms with van der Waals surface area (Å²) in [7, 11) is -3.61. The van der Waals surface area contributed by atoms with Crippen LogP contribution in [0, 0.1) is 5.92 Å². The molecule has 1 atom stereocenters. The van der Waals surface area contributed by atoms with Gasteiger partial charge in [0.1, 0.15) is 0 Å². The normalized spacial score (nSPS) is 24.4. The number of carbonyl (C=O) groups excluding carboxylic acids is 1. The van der Waals surface area contributed by atoms with Crippen LogP contribution in [-0.4, -0.2) is 62.8 Å². The lowest BCUT2D eigenvalue weighted by Crippen LogP contribution is -2.52. The van der Waals surface area contributed by atoms with Crippen molar-refractivity contribution in [1.82, 2.24) is 14.5 Å². The van der Waals surface area contributed by atoms with Crippen LogP contribution in [0.25, 0.3) is 0 Å². The Hall–Kier alpha value is -0.410. The third kappa shape index (κ3) is 4.85. The lowest BCUT2D eigenvalue weighted by molar-refractivity contribution is -0.132. The van der Waals surface area contributed by atoms with E-state index in [0.717, 1.165) is 25.9 Å². The first kappa shape index (κ1) is 17.6. The number of nitrogens with zero attached hydrogens (tertiary/aromatic N) is 2. The van der Waals surface area contributed by atoms with Gasteiger partial charge in [0, 0.05) is 32.6 Å². The van der Waals surface area contributed by atoms with E-state index in [2.05, 4.69) is 5.32 Å². The second-order valence-electron chi connectivity index (χ2n) is 5.22. The van der Waals surface area contributed by atoms with Crippen LogP contribution < -0.4 is 10.5 Å². The maximum absolute atomic E-state index is 12.0. The highest BCUT2D eigenvalue weighted by Crippen LogP contribution is 2.16. The molecule has 1 amide bonds. The van der Waals surface area contributed by atoms with Crippen LogP contribution in [0.5, 0.6) is 0 Å². The molecule has 0 radical (unpaired) electrons. The standard InChI is InChI=1S/C11H22N4O3S.ClH/c12-19(17,18)15-7-5-14(6-8-15)11(16)2-1-10-3-4-13-9-10;/h10,13H,1-9H2,(H2,12,17,18);1H. The molecule has 1 unspecified atom stereocenters. The maximum Gasteiger partial charge on any atom is 0.277 e. The smallest absolute Gasteiger partial charge is 0.277 e. The van der Waals surface area contributed by atoms with Gasteiger partial charge in [-0.1, -0.05) is 0 Å². The van der Waals surface area contributed by atoms with Crippen LogP contribution in [-0.2, 0) is 15.0 Å². The largest absolute Gasteiger partial charge is 0.340 e. The van der Waals surface area contributed by atoms with Gasteiger partial charge in [0.2, 0.25) is 5.91 Å². The Morgan fingerprint density at radius 2 is 1.90 bits per heavy atom. The van der Waals surface area contributed by atoms with Gasteiger partial charge in [-0.3, -0.25) is 4.79 Å². The Balaban J connectivity index is 0.00000200. The zero-order valence-corrected chi connectivity index (χ0v) is 13.1. The van der Waals surface area contributed by atoms with E-state index >= 15 is 0 Å². The number of halogens is 1. The Kier molecular flexibility index (Phi) is 6.67. The molecule has 0 bridgehead atoms. The van der Waals surface area contributed by atoms with Crippen molar-refractivity contribution >= 4 is 28.5 Å². The van der Waals surface area contributed by atoms with E-state index < -0.39 is 10.2 Å². The highest BCUT2D eigenvalue weighted by molar-refractivity contribution is 7.86. The summed E-state index contributed by atoms with van der Waals surface area (Å²) in [4.78, 5) is 13.8. The van der Waals surface area contributed by atoms with Crippen molar-refractivity contribution in [2.75, 3.05) is 39.3 Å². The van der Waals surface area contributed by atoms with Gasteiger partial charge in [-0.2, -0.15) is 12.7 Å². The van der Waals surface area contributed by atoms with E-state index in [-0.39, 0.29) is 18.3 Å². The van der Waals surface area contributed by atoms with Crippen molar-refractivity contribution < 1.29 is 13.2 Å². The van der Waals surface area contributed by atoms with E-state index in [9.17, 15) is 13.2 Å². The predicted molar refractivity (Wildman–Crippen MR) is 78.7 cm³/mol. The quantitative estimate of drug-likeness (QED) is 0.703. The summed E-state index contributed by atoms with van der Waals surface area (Å²) in [6.07, 6.45) is 2.62. The molecule has 20 heavy (non-hydrogen) atoms. The molecule has 0 aromatic rings. The van der Waals surface area contributed by atoms with Crippen LogP contribution >= 0.6 is 12.4 Å². The second-order valence-corrected chi connectivity index (χ2v) is 6.77. The van der Waals surface area contributed by atoms with Crippen LogP contribution in [0.4, 0.5) is 0 Å². The molecule has 118 valence electrons. The molecule has 2 heterocycles. The SMILES string of the molecule is Cl.NS(=O)(=O)N1CCN(C(=O)CCC2CCNC2)CC1. The molecule has 2 rings (SSSR count). The molecule has 2 aliphatic heterocycles. The van der Waals surface area contributed by atoms with Gasteiger partial charge < -0.3 is 10.2 Å². The molecular formula is C11H23ClN4O3S. The molecule has 2 aliphatic rings. The fraction of sp³-hybridized carbons (Fsp3) is 0.909. The van der Waals surface area contributed by atoms with E-state index in [4.69, 9.17) is 5.14 Å². The summed E-state index contributed by atoms with van der Waals surface area (Å²) in [5.41, 5.74) is 0. The van der Waals surface area contributed by atoms with Crippen LogP contribution in [0.2, 0.25) is 0 Å². The van der Waals surface area contributed by atoms with Gasteiger partial charge in [0.25, 0.3) is 10.2 Å². The Morgan fingerprint density at radius 3 is 2.40 bits per heavy atom. The molecule has 0 spiro atoms. The maximum atomic E-state index is 12.0. The van der Waals surface area contributed by atoms with E-state index in [1.165, 1.54) is 4.31 Å². The number of hydrogen-bond donors (Lipinski definition) is 2. The minimum Gasteiger partial charge on any atom is -0.340 e. The minimum absolute atomic E-state index is 0. The van der Waals surface area contributed by atoms with Crippen molar-refractivity contribution in [3.63, 3.8) is 0 Å². The highest BCUT2D eigenvalue weighted by Gasteiger charge is 2.26. The lowest BCUT2D eigenvalue weighted by atomic mass is 10.0. The average molecular weight is 327 g/mol. The van der Waals surface area contributed by atoms with Crippen molar-refractivity contribution in [1.29, 1.82) is 0 Å². The molecule has 0 aliphatic carbocycles. The zero-order valence-electron chi connectivity index (χ0n) is 11.5. The fourth-order valence-electron chi connectivity index (χ4n) is 2.64. The van der Waals surface area contributed by atoms with Gasteiger partial charge in [0.15, 0.2) is 0 Å². The summed E-state index contributed by atoms with van der Waals surface area (Å²) < 4.78 is 23.5. The number of rotatable bonds is 4. The molecule has 2 saturated heterocycles. The number of hydrogen-bond acceptors (Lipinski definition) is 4.